The molecule has 0 amide bonds. The minimum atomic E-state index is 1.22. The van der Waals surface area contributed by atoms with Crippen LogP contribution in [0.4, 0.5) is 0 Å². The van der Waals surface area contributed by atoms with Crippen LogP contribution < -0.4 is 0 Å². The Morgan fingerprint density at radius 3 is 3.07 bits per heavy atom. The topological polar surface area (TPSA) is 0 Å². The monoisotopic (exact) mass is 203 g/mol. The quantitative estimate of drug-likeness (QED) is 0.645. The van der Waals surface area contributed by atoms with Gasteiger partial charge in [-0.1, -0.05) is 31.9 Å². The Balaban J connectivity index is 2.10. The molecule has 1 aromatic carbocycles. The predicted molar refractivity (Wildman–Crippen MR) is 63.9 cm³/mol. The molecule has 0 aliphatic rings. The van der Waals surface area contributed by atoms with E-state index in [4.69, 9.17) is 0 Å². The zero-order chi connectivity index (χ0) is 9.80. The molecule has 1 heteroatoms. The fraction of sp³-hybridized carbons (Fsp3) is 0.385. The number of aryl methyl sites for hydroxylation is 1. The van der Waals surface area contributed by atoms with Gasteiger partial charge in [-0.15, -0.1) is 11.3 Å². The molecule has 0 saturated carbocycles. The molecule has 1 radical (unpaired) electrons. The summed E-state index contributed by atoms with van der Waals surface area (Å²) >= 11 is 1.72. The molecule has 0 aliphatic carbocycles. The highest BCUT2D eigenvalue weighted by atomic mass is 32.1. The molecule has 1 aromatic heterocycles. The van der Waals surface area contributed by atoms with Crippen molar-refractivity contribution in [2.45, 2.75) is 32.6 Å². The van der Waals surface area contributed by atoms with Gasteiger partial charge in [-0.3, -0.25) is 0 Å². The lowest BCUT2D eigenvalue weighted by atomic mass is 10.1. The summed E-state index contributed by atoms with van der Waals surface area (Å²) in [6, 6.07) is 8.84. The summed E-state index contributed by atoms with van der Waals surface area (Å²) in [7, 11) is 0. The van der Waals surface area contributed by atoms with Crippen LogP contribution in [0.15, 0.2) is 24.3 Å². The van der Waals surface area contributed by atoms with Crippen molar-refractivity contribution in [3.05, 3.63) is 35.2 Å². The number of thiophene rings is 1. The third kappa shape index (κ3) is 2.16. The fourth-order valence-electron chi connectivity index (χ4n) is 1.68. The second kappa shape index (κ2) is 4.61. The summed E-state index contributed by atoms with van der Waals surface area (Å²) in [6.07, 6.45) is 5.18. The predicted octanol–water partition coefficient (Wildman–Crippen LogP) is 4.43. The SMILES string of the molecule is CCCCCc1ccc2c[c]sc2c1. The maximum atomic E-state index is 3.17. The zero-order valence-electron chi connectivity index (χ0n) is 8.55. The summed E-state index contributed by atoms with van der Waals surface area (Å²) < 4.78 is 1.37. The van der Waals surface area contributed by atoms with Gasteiger partial charge in [0.25, 0.3) is 0 Å². The number of fused-ring (bicyclic) bond motifs is 1. The molecule has 2 aromatic rings. The van der Waals surface area contributed by atoms with E-state index in [2.05, 4.69) is 36.6 Å². The standard InChI is InChI=1S/C13H15S/c1-2-3-4-5-11-6-7-12-8-9-14-13(12)10-11/h6-8,10H,2-5H2,1H3. The lowest BCUT2D eigenvalue weighted by molar-refractivity contribution is 0.718. The van der Waals surface area contributed by atoms with Crippen LogP contribution in [0.2, 0.25) is 0 Å². The highest BCUT2D eigenvalue weighted by Gasteiger charge is 1.97. The van der Waals surface area contributed by atoms with E-state index in [1.165, 1.54) is 41.3 Å². The molecule has 0 atom stereocenters. The van der Waals surface area contributed by atoms with E-state index in [1.807, 2.05) is 0 Å². The fourth-order valence-corrected chi connectivity index (χ4v) is 2.45. The van der Waals surface area contributed by atoms with E-state index in [-0.39, 0.29) is 0 Å². The molecule has 1 heterocycles. The van der Waals surface area contributed by atoms with Gasteiger partial charge in [0, 0.05) is 10.1 Å². The molecule has 0 saturated heterocycles. The number of hydrogen-bond acceptors (Lipinski definition) is 1. The first-order valence-corrected chi connectivity index (χ1v) is 6.10. The first kappa shape index (κ1) is 9.72. The Labute approximate surface area is 89.6 Å². The van der Waals surface area contributed by atoms with E-state index in [9.17, 15) is 0 Å². The lowest BCUT2D eigenvalue weighted by Gasteiger charge is -2.00. The van der Waals surface area contributed by atoms with Gasteiger partial charge < -0.3 is 0 Å². The van der Waals surface area contributed by atoms with E-state index in [0.717, 1.165) is 0 Å². The van der Waals surface area contributed by atoms with Crippen LogP contribution in [0.5, 0.6) is 0 Å². The summed E-state index contributed by atoms with van der Waals surface area (Å²) in [5, 5.41) is 4.50. The van der Waals surface area contributed by atoms with Crippen molar-refractivity contribution in [1.82, 2.24) is 0 Å². The van der Waals surface area contributed by atoms with Crippen molar-refractivity contribution in [2.24, 2.45) is 0 Å². The molecule has 2 rings (SSSR count). The summed E-state index contributed by atoms with van der Waals surface area (Å²) in [5.41, 5.74) is 1.47. The Kier molecular flexibility index (Phi) is 3.20. The Hall–Kier alpha value is -0.820. The van der Waals surface area contributed by atoms with Gasteiger partial charge in [-0.05, 0) is 35.9 Å². The highest BCUT2D eigenvalue weighted by molar-refractivity contribution is 7.16. The number of hydrogen-bond donors (Lipinski definition) is 0. The zero-order valence-corrected chi connectivity index (χ0v) is 9.36. The van der Waals surface area contributed by atoms with Crippen molar-refractivity contribution < 1.29 is 0 Å². The van der Waals surface area contributed by atoms with Gasteiger partial charge in [0.1, 0.15) is 0 Å². The van der Waals surface area contributed by atoms with Crippen molar-refractivity contribution in [2.75, 3.05) is 0 Å². The maximum absolute atomic E-state index is 3.17. The van der Waals surface area contributed by atoms with Gasteiger partial charge >= 0.3 is 0 Å². The van der Waals surface area contributed by atoms with Crippen LogP contribution in [0.25, 0.3) is 10.1 Å². The summed E-state index contributed by atoms with van der Waals surface area (Å²) in [4.78, 5) is 0. The largest absolute Gasteiger partial charge is 0.134 e. The molecular formula is C13H15S. The molecule has 0 fully saturated rings. The van der Waals surface area contributed by atoms with Crippen LogP contribution in [0.3, 0.4) is 0 Å². The Morgan fingerprint density at radius 2 is 2.21 bits per heavy atom. The second-order valence-corrected chi connectivity index (χ2v) is 4.57. The van der Waals surface area contributed by atoms with Crippen molar-refractivity contribution >= 4 is 21.4 Å². The first-order chi connectivity index (χ1) is 6.90. The molecule has 0 nitrogen and oxygen atoms in total. The van der Waals surface area contributed by atoms with Crippen LogP contribution >= 0.6 is 11.3 Å². The van der Waals surface area contributed by atoms with E-state index in [0.29, 0.717) is 0 Å². The number of unbranched alkanes of at least 4 members (excludes halogenated alkanes) is 2. The summed E-state index contributed by atoms with van der Waals surface area (Å²) in [6.45, 7) is 2.25. The van der Waals surface area contributed by atoms with E-state index in [1.54, 1.807) is 11.3 Å². The van der Waals surface area contributed by atoms with Crippen molar-refractivity contribution in [3.63, 3.8) is 0 Å². The van der Waals surface area contributed by atoms with Crippen LogP contribution in [0, 0.1) is 5.38 Å². The third-order valence-electron chi connectivity index (χ3n) is 2.53. The second-order valence-electron chi connectivity index (χ2n) is 3.69. The van der Waals surface area contributed by atoms with Crippen LogP contribution in [-0.4, -0.2) is 0 Å². The maximum Gasteiger partial charge on any atom is 0.0455 e. The molecule has 73 valence electrons. The van der Waals surface area contributed by atoms with Crippen LogP contribution in [-0.2, 0) is 6.42 Å². The van der Waals surface area contributed by atoms with Gasteiger partial charge in [0.2, 0.25) is 0 Å². The number of rotatable bonds is 4. The molecule has 14 heavy (non-hydrogen) atoms. The molecule has 0 unspecified atom stereocenters. The smallest absolute Gasteiger partial charge is 0.0455 e. The number of benzene rings is 1. The van der Waals surface area contributed by atoms with Gasteiger partial charge in [0.05, 0.1) is 0 Å². The molecular weight excluding hydrogens is 188 g/mol. The lowest BCUT2D eigenvalue weighted by Crippen LogP contribution is -1.84. The molecule has 0 aliphatic heterocycles. The van der Waals surface area contributed by atoms with Crippen molar-refractivity contribution in [3.8, 4) is 0 Å². The van der Waals surface area contributed by atoms with Crippen LogP contribution in [0.1, 0.15) is 31.7 Å². The Morgan fingerprint density at radius 1 is 1.29 bits per heavy atom. The first-order valence-electron chi connectivity index (χ1n) is 5.28. The van der Waals surface area contributed by atoms with Crippen molar-refractivity contribution in [1.29, 1.82) is 0 Å². The van der Waals surface area contributed by atoms with Gasteiger partial charge in [-0.2, -0.15) is 0 Å². The summed E-state index contributed by atoms with van der Waals surface area (Å²) in [5.74, 6) is 0. The van der Waals surface area contributed by atoms with E-state index >= 15 is 0 Å². The average Bonchev–Trinajstić information content (AvgIpc) is 2.65. The van der Waals surface area contributed by atoms with Gasteiger partial charge in [0.15, 0.2) is 0 Å². The normalized spacial score (nSPS) is 10.9. The molecule has 0 spiro atoms. The Bertz CT molecular complexity index is 400. The third-order valence-corrected chi connectivity index (χ3v) is 3.34. The minimum Gasteiger partial charge on any atom is -0.134 e. The van der Waals surface area contributed by atoms with E-state index < -0.39 is 0 Å². The molecule has 0 N–H and O–H groups in total. The highest BCUT2D eigenvalue weighted by Crippen LogP contribution is 2.22. The minimum absolute atomic E-state index is 1.22. The average molecular weight is 203 g/mol. The molecule has 0 bridgehead atoms. The van der Waals surface area contributed by atoms with Gasteiger partial charge in [-0.25, -0.2) is 0 Å².